The number of methoxy groups -OCH3 is 1. The van der Waals surface area contributed by atoms with Gasteiger partial charge in [0, 0.05) is 51.7 Å². The van der Waals surface area contributed by atoms with E-state index in [1.54, 1.807) is 55.5 Å². The van der Waals surface area contributed by atoms with Gasteiger partial charge in [0.15, 0.2) is 12.6 Å². The number of nitrogens with zero attached hydrogens (tertiary/aromatic N) is 1. The second-order valence-corrected chi connectivity index (χ2v) is 19.6. The van der Waals surface area contributed by atoms with E-state index >= 15 is 0 Å². The van der Waals surface area contributed by atoms with Crippen molar-refractivity contribution < 1.29 is 63.5 Å². The molecule has 0 spiro atoms. The van der Waals surface area contributed by atoms with E-state index in [4.69, 9.17) is 28.4 Å². The predicted octanol–water partition coefficient (Wildman–Crippen LogP) is 2.17. The zero-order valence-electron chi connectivity index (χ0n) is 39.2. The van der Waals surface area contributed by atoms with Crippen LogP contribution in [0, 0.1) is 17.8 Å². The molecule has 0 aromatic heterocycles. The molecule has 4 aliphatic rings. The Morgan fingerprint density at radius 3 is 2.23 bits per heavy atom. The maximum absolute atomic E-state index is 14.4. The van der Waals surface area contributed by atoms with Crippen LogP contribution < -0.4 is 16.0 Å². The smallest absolute Gasteiger partial charge is 0.317 e. The molecule has 4 rings (SSSR count). The van der Waals surface area contributed by atoms with E-state index in [0.717, 1.165) is 19.3 Å². The third kappa shape index (κ3) is 11.9. The number of aliphatic hydroxyl groups excluding tert-OH is 2. The Bertz CT molecular complexity index is 1420. The molecule has 4 fully saturated rings. The fraction of sp³-hybridized carbons (Fsp3) is 0.955. The summed E-state index contributed by atoms with van der Waals surface area (Å²) in [5.41, 5.74) is -6.11. The molecular formula is C44H82N4O13. The lowest BCUT2D eigenvalue weighted by atomic mass is 9.75. The zero-order valence-corrected chi connectivity index (χ0v) is 39.2. The van der Waals surface area contributed by atoms with Gasteiger partial charge in [-0.05, 0) is 99.5 Å². The molecule has 1 aliphatic carbocycles. The van der Waals surface area contributed by atoms with Gasteiger partial charge in [-0.25, -0.2) is 4.79 Å². The summed E-state index contributed by atoms with van der Waals surface area (Å²) in [5, 5.41) is 69.4. The van der Waals surface area contributed by atoms with Gasteiger partial charge < -0.3 is 74.8 Å². The molecule has 17 heteroatoms. The summed E-state index contributed by atoms with van der Waals surface area (Å²) in [6, 6.07) is -1.36. The summed E-state index contributed by atoms with van der Waals surface area (Å²) < 4.78 is 38.5. The van der Waals surface area contributed by atoms with E-state index in [2.05, 4.69) is 16.0 Å². The Labute approximate surface area is 364 Å². The number of hydrogen-bond donors (Lipinski definition) is 8. The average molecular weight is 875 g/mol. The van der Waals surface area contributed by atoms with Crippen molar-refractivity contribution in [2.24, 2.45) is 17.8 Å². The van der Waals surface area contributed by atoms with Crippen molar-refractivity contribution in [3.05, 3.63) is 0 Å². The first-order valence-corrected chi connectivity index (χ1v) is 22.7. The topological polar surface area (TPSA) is 230 Å². The Morgan fingerprint density at radius 2 is 1.64 bits per heavy atom. The molecule has 356 valence electrons. The minimum absolute atomic E-state index is 0.0682. The Morgan fingerprint density at radius 1 is 0.984 bits per heavy atom. The van der Waals surface area contributed by atoms with Crippen LogP contribution in [0.25, 0.3) is 0 Å². The lowest BCUT2D eigenvalue weighted by molar-refractivity contribution is -0.336. The van der Waals surface area contributed by atoms with Crippen LogP contribution in [0.2, 0.25) is 0 Å². The third-order valence-corrected chi connectivity index (χ3v) is 14.1. The Hall–Kier alpha value is -1.74. The van der Waals surface area contributed by atoms with E-state index in [9.17, 15) is 35.1 Å². The largest absolute Gasteiger partial charge is 0.459 e. The van der Waals surface area contributed by atoms with Crippen molar-refractivity contribution in [2.75, 3.05) is 33.8 Å². The number of rotatable bonds is 12. The van der Waals surface area contributed by atoms with Gasteiger partial charge in [0.2, 0.25) is 0 Å². The second kappa shape index (κ2) is 21.0. The molecule has 0 radical (unpaired) electrons. The second-order valence-electron chi connectivity index (χ2n) is 19.6. The maximum atomic E-state index is 14.4. The molecule has 0 unspecified atom stereocenters. The lowest BCUT2D eigenvalue weighted by Crippen LogP contribution is -2.70. The molecule has 0 bridgehead atoms. The fourth-order valence-corrected chi connectivity index (χ4v) is 9.72. The Balaban J connectivity index is 1.79. The SMILES string of the molecule is CCCNC(=O)N(C)[C@H]1C[C@@H](C)O[C@@H](O[C@@H]2[C@@H](C)[C@H](O[C@H]3C[C@@](C)(OC)[C@](O)(CNC4CC4)[C@H](C)O3)[C@@H](C)C(=O)O[C@H](CC)[C@@](C)(O)[C@H](O)[C@@H](C)NC[C@H](C)C[C@@]2(C)O)[C@@H]1O. The number of amides is 2. The normalized spacial score (nSPS) is 45.9. The molecule has 0 aromatic rings. The van der Waals surface area contributed by atoms with Crippen molar-refractivity contribution >= 4 is 12.0 Å². The van der Waals surface area contributed by atoms with Gasteiger partial charge in [-0.3, -0.25) is 4.79 Å². The number of nitrogens with one attached hydrogen (secondary N) is 3. The first-order valence-electron chi connectivity index (χ1n) is 22.7. The highest BCUT2D eigenvalue weighted by molar-refractivity contribution is 5.74. The van der Waals surface area contributed by atoms with Crippen molar-refractivity contribution in [2.45, 2.75) is 217 Å². The summed E-state index contributed by atoms with van der Waals surface area (Å²) in [7, 11) is 3.14. The van der Waals surface area contributed by atoms with E-state index in [1.165, 1.54) is 18.9 Å². The van der Waals surface area contributed by atoms with E-state index < -0.39 is 108 Å². The predicted molar refractivity (Wildman–Crippen MR) is 227 cm³/mol. The molecule has 3 aliphatic heterocycles. The number of hydrogen-bond acceptors (Lipinski definition) is 15. The summed E-state index contributed by atoms with van der Waals surface area (Å²) >= 11 is 0. The highest BCUT2D eigenvalue weighted by Crippen LogP contribution is 2.43. The minimum atomic E-state index is -1.84. The number of urea groups is 1. The monoisotopic (exact) mass is 875 g/mol. The molecule has 3 heterocycles. The highest BCUT2D eigenvalue weighted by Gasteiger charge is 2.59. The molecule has 61 heavy (non-hydrogen) atoms. The Kier molecular flexibility index (Phi) is 17.9. The van der Waals surface area contributed by atoms with Gasteiger partial charge in [0.05, 0.1) is 42.0 Å². The molecule has 2 amide bonds. The van der Waals surface area contributed by atoms with E-state index in [1.807, 2.05) is 20.8 Å². The van der Waals surface area contributed by atoms with Crippen LogP contribution in [0.1, 0.15) is 121 Å². The quantitative estimate of drug-likeness (QED) is 0.132. The molecule has 8 N–H and O–H groups in total. The van der Waals surface area contributed by atoms with Crippen LogP contribution in [0.15, 0.2) is 0 Å². The van der Waals surface area contributed by atoms with E-state index in [-0.39, 0.29) is 37.8 Å². The fourth-order valence-electron chi connectivity index (χ4n) is 9.72. The molecule has 3 saturated heterocycles. The van der Waals surface area contributed by atoms with Gasteiger partial charge in [0.1, 0.15) is 35.1 Å². The van der Waals surface area contributed by atoms with Crippen LogP contribution in [-0.2, 0) is 33.2 Å². The van der Waals surface area contributed by atoms with Crippen LogP contribution in [0.4, 0.5) is 4.79 Å². The molecule has 17 nitrogen and oxygen atoms in total. The summed E-state index contributed by atoms with van der Waals surface area (Å²) in [6.45, 7) is 20.3. The summed E-state index contributed by atoms with van der Waals surface area (Å²) in [4.78, 5) is 29.0. The summed E-state index contributed by atoms with van der Waals surface area (Å²) in [6.07, 6.45) is -6.09. The average Bonchev–Trinajstić information content (AvgIpc) is 4.04. The van der Waals surface area contributed by atoms with Crippen molar-refractivity contribution in [1.82, 2.24) is 20.9 Å². The van der Waals surface area contributed by atoms with Gasteiger partial charge >= 0.3 is 12.0 Å². The number of carbonyl (C=O) groups is 2. The van der Waals surface area contributed by atoms with Gasteiger partial charge in [-0.2, -0.15) is 0 Å². The number of carbonyl (C=O) groups excluding carboxylic acids is 2. The lowest BCUT2D eigenvalue weighted by Gasteiger charge is -2.53. The standard InChI is InChI=1S/C44H82N4O13/c1-14-18-45-40(52)48(12)31-19-25(4)57-39(34(31)49)61-37-26(5)35(60-33-21-42(10,56-13)44(55,29(8)58-33)23-47-30-16-17-30)27(6)38(51)59-32(15-2)43(11,54)36(50)28(7)46-22-24(3)20-41(37,9)53/h24-37,39,46-47,49-50,53-55H,14-23H2,1-13H3,(H,45,52)/t24-,25-,26+,27-,28-,29+,31+,32-,33+,34-,35+,36-,37-,39+,41-,42-,43-,44+/m1/s1. The minimum Gasteiger partial charge on any atom is -0.459 e. The van der Waals surface area contributed by atoms with Crippen molar-refractivity contribution in [3.63, 3.8) is 0 Å². The summed E-state index contributed by atoms with van der Waals surface area (Å²) in [5.74, 6) is -2.89. The number of ether oxygens (including phenoxy) is 6. The van der Waals surface area contributed by atoms with Crippen LogP contribution >= 0.6 is 0 Å². The van der Waals surface area contributed by atoms with Crippen molar-refractivity contribution in [1.29, 1.82) is 0 Å². The van der Waals surface area contributed by atoms with Gasteiger partial charge in [-0.15, -0.1) is 0 Å². The molecular weight excluding hydrogens is 792 g/mol. The first-order chi connectivity index (χ1) is 28.4. The van der Waals surface area contributed by atoms with Crippen LogP contribution in [-0.4, -0.2) is 172 Å². The van der Waals surface area contributed by atoms with Crippen LogP contribution in [0.5, 0.6) is 0 Å². The number of esters is 1. The van der Waals surface area contributed by atoms with Crippen molar-refractivity contribution in [3.8, 4) is 0 Å². The maximum Gasteiger partial charge on any atom is 0.317 e. The molecule has 1 saturated carbocycles. The zero-order chi connectivity index (χ0) is 45.8. The first kappa shape index (κ1) is 51.9. The van der Waals surface area contributed by atoms with Gasteiger partial charge in [0.25, 0.3) is 0 Å². The third-order valence-electron chi connectivity index (χ3n) is 14.1. The van der Waals surface area contributed by atoms with E-state index in [0.29, 0.717) is 25.6 Å². The number of likely N-dealkylation sites (N-methyl/N-ethyl adjacent to an activating group) is 1. The number of cyclic esters (lactones) is 1. The number of aliphatic hydroxyl groups is 5. The van der Waals surface area contributed by atoms with Crippen LogP contribution in [0.3, 0.4) is 0 Å². The molecule has 0 aromatic carbocycles. The highest BCUT2D eigenvalue weighted by atomic mass is 16.7. The van der Waals surface area contributed by atoms with Gasteiger partial charge in [-0.1, -0.05) is 27.7 Å². The molecule has 18 atom stereocenters.